The summed E-state index contributed by atoms with van der Waals surface area (Å²) in [5.41, 5.74) is 0. The molecule has 1 fully saturated rings. The third-order valence-electron chi connectivity index (χ3n) is 1.53. The minimum Gasteiger partial charge on any atom is -0.290 e. The van der Waals surface area contributed by atoms with E-state index < -0.39 is 10.0 Å². The van der Waals surface area contributed by atoms with Crippen LogP contribution in [0.4, 0.5) is 0 Å². The molecule has 10 heavy (non-hydrogen) atoms. The Bertz CT molecular complexity index is 206. The molecular formula is C5H12N2O2S. The van der Waals surface area contributed by atoms with Crippen LogP contribution in [0.15, 0.2) is 0 Å². The van der Waals surface area contributed by atoms with Gasteiger partial charge in [-0.3, -0.25) is 5.32 Å². The molecule has 0 aliphatic carbocycles. The van der Waals surface area contributed by atoms with Crippen LogP contribution in [0.5, 0.6) is 0 Å². The van der Waals surface area contributed by atoms with E-state index in [0.717, 1.165) is 0 Å². The molecular weight excluding hydrogens is 152 g/mol. The van der Waals surface area contributed by atoms with Gasteiger partial charge in [-0.25, -0.2) is 8.42 Å². The molecule has 0 atom stereocenters. The molecule has 1 heterocycles. The highest BCUT2D eigenvalue weighted by Crippen LogP contribution is 2.09. The van der Waals surface area contributed by atoms with Crippen molar-refractivity contribution in [2.75, 3.05) is 13.3 Å². The van der Waals surface area contributed by atoms with E-state index in [4.69, 9.17) is 0 Å². The van der Waals surface area contributed by atoms with Gasteiger partial charge in [0, 0.05) is 0 Å². The van der Waals surface area contributed by atoms with Crippen molar-refractivity contribution in [2.45, 2.75) is 19.1 Å². The SMILES string of the molecule is CC(C)S(=O)(=O)N1CNC1. The molecule has 0 radical (unpaired) electrons. The molecule has 0 aromatic rings. The van der Waals surface area contributed by atoms with E-state index in [9.17, 15) is 8.42 Å². The lowest BCUT2D eigenvalue weighted by atomic mass is 10.6. The van der Waals surface area contributed by atoms with Crippen molar-refractivity contribution >= 4 is 10.0 Å². The van der Waals surface area contributed by atoms with Gasteiger partial charge in [-0.1, -0.05) is 0 Å². The predicted octanol–water partition coefficient (Wildman–Crippen LogP) is -0.455. The fourth-order valence-corrected chi connectivity index (χ4v) is 1.82. The van der Waals surface area contributed by atoms with Crippen molar-refractivity contribution in [3.05, 3.63) is 0 Å². The van der Waals surface area contributed by atoms with Crippen molar-refractivity contribution < 1.29 is 8.42 Å². The molecule has 0 saturated carbocycles. The second-order valence-electron chi connectivity index (χ2n) is 2.61. The summed E-state index contributed by atoms with van der Waals surface area (Å²) in [7, 11) is -2.97. The van der Waals surface area contributed by atoms with Crippen LogP contribution in [0.1, 0.15) is 13.8 Å². The zero-order valence-corrected chi connectivity index (χ0v) is 6.98. The maximum atomic E-state index is 11.2. The van der Waals surface area contributed by atoms with Gasteiger partial charge in [0.1, 0.15) is 0 Å². The molecule has 4 nitrogen and oxygen atoms in total. The third kappa shape index (κ3) is 1.16. The van der Waals surface area contributed by atoms with Crippen molar-refractivity contribution in [2.24, 2.45) is 0 Å². The number of nitrogens with zero attached hydrogens (tertiary/aromatic N) is 1. The molecule has 1 aliphatic heterocycles. The molecule has 0 spiro atoms. The van der Waals surface area contributed by atoms with Crippen molar-refractivity contribution in [1.82, 2.24) is 9.62 Å². The standard InChI is InChI=1S/C5H12N2O2S/c1-5(2)10(8,9)7-3-6-4-7/h5-6H,3-4H2,1-2H3. The predicted molar refractivity (Wildman–Crippen MR) is 38.8 cm³/mol. The molecule has 1 rings (SSSR count). The van der Waals surface area contributed by atoms with Crippen molar-refractivity contribution in [3.63, 3.8) is 0 Å². The number of hydrogen-bond donors (Lipinski definition) is 1. The Kier molecular flexibility index (Phi) is 1.98. The molecule has 1 aliphatic rings. The van der Waals surface area contributed by atoms with Crippen LogP contribution >= 0.6 is 0 Å². The van der Waals surface area contributed by atoms with E-state index >= 15 is 0 Å². The Labute approximate surface area is 61.3 Å². The lowest BCUT2D eigenvalue weighted by molar-refractivity contribution is 0.253. The highest BCUT2D eigenvalue weighted by molar-refractivity contribution is 7.89. The van der Waals surface area contributed by atoms with E-state index in [2.05, 4.69) is 5.32 Å². The summed E-state index contributed by atoms with van der Waals surface area (Å²) in [6.07, 6.45) is 0. The minimum absolute atomic E-state index is 0.297. The summed E-state index contributed by atoms with van der Waals surface area (Å²) in [6.45, 7) is 4.32. The van der Waals surface area contributed by atoms with Crippen LogP contribution < -0.4 is 5.32 Å². The molecule has 5 heteroatoms. The average Bonchev–Trinajstić information content (AvgIpc) is 1.57. The van der Waals surface area contributed by atoms with E-state index in [1.54, 1.807) is 13.8 Å². The van der Waals surface area contributed by atoms with Crippen LogP contribution in [0.3, 0.4) is 0 Å². The first-order valence-corrected chi connectivity index (χ1v) is 4.75. The van der Waals surface area contributed by atoms with Gasteiger partial charge in [-0.05, 0) is 13.8 Å². The molecule has 0 amide bonds. The first kappa shape index (κ1) is 7.97. The monoisotopic (exact) mass is 164 g/mol. The Morgan fingerprint density at radius 3 is 2.00 bits per heavy atom. The van der Waals surface area contributed by atoms with E-state index in [1.165, 1.54) is 4.31 Å². The van der Waals surface area contributed by atoms with Gasteiger partial charge in [-0.2, -0.15) is 4.31 Å². The quantitative estimate of drug-likeness (QED) is 0.601. The van der Waals surface area contributed by atoms with Crippen molar-refractivity contribution in [3.8, 4) is 0 Å². The lowest BCUT2D eigenvalue weighted by Gasteiger charge is -2.32. The Morgan fingerprint density at radius 2 is 1.90 bits per heavy atom. The highest BCUT2D eigenvalue weighted by Gasteiger charge is 2.29. The van der Waals surface area contributed by atoms with Crippen LogP contribution in [0.25, 0.3) is 0 Å². The fraction of sp³-hybridized carbons (Fsp3) is 1.00. The first-order chi connectivity index (χ1) is 4.55. The second-order valence-corrected chi connectivity index (χ2v) is 5.10. The molecule has 0 aromatic carbocycles. The van der Waals surface area contributed by atoms with E-state index in [0.29, 0.717) is 13.3 Å². The van der Waals surface area contributed by atoms with Gasteiger partial charge in [0.2, 0.25) is 10.0 Å². The van der Waals surface area contributed by atoms with E-state index in [-0.39, 0.29) is 5.25 Å². The van der Waals surface area contributed by atoms with Crippen molar-refractivity contribution in [1.29, 1.82) is 0 Å². The molecule has 1 N–H and O–H groups in total. The van der Waals surface area contributed by atoms with Gasteiger partial charge < -0.3 is 0 Å². The second kappa shape index (κ2) is 2.48. The first-order valence-electron chi connectivity index (χ1n) is 3.25. The van der Waals surface area contributed by atoms with Crippen LogP contribution in [0, 0.1) is 0 Å². The topological polar surface area (TPSA) is 49.4 Å². The van der Waals surface area contributed by atoms with Crippen LogP contribution in [0.2, 0.25) is 0 Å². The summed E-state index contributed by atoms with van der Waals surface area (Å²) >= 11 is 0. The number of sulfonamides is 1. The maximum absolute atomic E-state index is 11.2. The number of rotatable bonds is 2. The van der Waals surface area contributed by atoms with Gasteiger partial charge >= 0.3 is 0 Å². The minimum atomic E-state index is -2.97. The molecule has 60 valence electrons. The van der Waals surface area contributed by atoms with E-state index in [1.807, 2.05) is 0 Å². The third-order valence-corrected chi connectivity index (χ3v) is 3.70. The smallest absolute Gasteiger partial charge is 0.218 e. The van der Waals surface area contributed by atoms with Crippen LogP contribution in [-0.4, -0.2) is 31.3 Å². The lowest BCUT2D eigenvalue weighted by Crippen LogP contribution is -2.56. The summed E-state index contributed by atoms with van der Waals surface area (Å²) in [5, 5.41) is 2.57. The summed E-state index contributed by atoms with van der Waals surface area (Å²) in [5.74, 6) is 0. The summed E-state index contributed by atoms with van der Waals surface area (Å²) in [4.78, 5) is 0. The maximum Gasteiger partial charge on any atom is 0.218 e. The Morgan fingerprint density at radius 1 is 1.40 bits per heavy atom. The fourth-order valence-electron chi connectivity index (χ4n) is 0.681. The molecule has 0 aromatic heterocycles. The van der Waals surface area contributed by atoms with Gasteiger partial charge in [0.25, 0.3) is 0 Å². The zero-order chi connectivity index (χ0) is 7.78. The Balaban J connectivity index is 2.68. The van der Waals surface area contributed by atoms with Gasteiger partial charge in [-0.15, -0.1) is 0 Å². The number of nitrogens with one attached hydrogen (secondary N) is 1. The number of hydrogen-bond acceptors (Lipinski definition) is 3. The molecule has 1 saturated heterocycles. The Hall–Kier alpha value is -0.130. The normalized spacial score (nSPS) is 21.1. The largest absolute Gasteiger partial charge is 0.290 e. The molecule has 0 unspecified atom stereocenters. The van der Waals surface area contributed by atoms with Crippen LogP contribution in [-0.2, 0) is 10.0 Å². The van der Waals surface area contributed by atoms with Gasteiger partial charge in [0.05, 0.1) is 18.6 Å². The molecule has 0 bridgehead atoms. The highest BCUT2D eigenvalue weighted by atomic mass is 32.2. The average molecular weight is 164 g/mol. The summed E-state index contributed by atoms with van der Waals surface area (Å²) in [6, 6.07) is 0. The zero-order valence-electron chi connectivity index (χ0n) is 6.16. The van der Waals surface area contributed by atoms with Gasteiger partial charge in [0.15, 0.2) is 0 Å². The summed E-state index contributed by atoms with van der Waals surface area (Å²) < 4.78 is 23.8.